The molecule has 0 radical (unpaired) electrons. The number of benzene rings is 3. The van der Waals surface area contributed by atoms with Crippen molar-refractivity contribution in [3.8, 4) is 22.5 Å². The number of nitrogens with zero attached hydrogens (tertiary/aromatic N) is 7. The van der Waals surface area contributed by atoms with Crippen LogP contribution in [-0.2, 0) is 32.5 Å². The monoisotopic (exact) mass is 588 g/mol. The zero-order valence-corrected chi connectivity index (χ0v) is 25.1. The number of aromatic amines is 1. The number of unbranched alkanes of at least 4 members (excludes halogenated alkanes) is 1. The van der Waals surface area contributed by atoms with Gasteiger partial charge in [0.15, 0.2) is 17.0 Å². The number of H-pyrrole nitrogens is 1. The second kappa shape index (κ2) is 13.0. The summed E-state index contributed by atoms with van der Waals surface area (Å²) in [5, 5.41) is 14.4. The molecule has 0 saturated heterocycles. The molecule has 0 bridgehead atoms. The number of rotatable bonds is 12. The topological polar surface area (TPSA) is 116 Å². The average Bonchev–Trinajstić information content (AvgIpc) is 3.72. The Hall–Kier alpha value is -5.12. The summed E-state index contributed by atoms with van der Waals surface area (Å²) in [5.41, 5.74) is 5.47. The lowest BCUT2D eigenvalue weighted by molar-refractivity contribution is 0.560. The van der Waals surface area contributed by atoms with E-state index in [1.165, 1.54) is 4.57 Å². The van der Waals surface area contributed by atoms with E-state index in [9.17, 15) is 9.59 Å². The molecule has 224 valence electrons. The summed E-state index contributed by atoms with van der Waals surface area (Å²) in [6, 6.07) is 26.3. The Labute approximate surface area is 255 Å². The van der Waals surface area contributed by atoms with Gasteiger partial charge in [-0.05, 0) is 51.9 Å². The molecular weight excluding hydrogens is 552 g/mol. The van der Waals surface area contributed by atoms with Crippen LogP contribution in [0.25, 0.3) is 33.7 Å². The summed E-state index contributed by atoms with van der Waals surface area (Å²) in [6.07, 6.45) is 4.02. The molecule has 44 heavy (non-hydrogen) atoms. The SMILES string of the molecule is CCCCc1nc2c(c(=O)n(CCc3ccccc3)c(=O)n2CCC)n1Cc1ccc(-c2ccccc2-c2nnn[nH]2)cc1. The predicted molar refractivity (Wildman–Crippen MR) is 171 cm³/mol. The fraction of sp³-hybridized carbons (Fsp3) is 0.294. The maximum Gasteiger partial charge on any atom is 0.332 e. The van der Waals surface area contributed by atoms with Crippen LogP contribution in [0, 0.1) is 0 Å². The van der Waals surface area contributed by atoms with E-state index in [4.69, 9.17) is 4.98 Å². The summed E-state index contributed by atoms with van der Waals surface area (Å²) in [7, 11) is 0. The zero-order valence-electron chi connectivity index (χ0n) is 25.1. The Morgan fingerprint density at radius 3 is 2.18 bits per heavy atom. The highest BCUT2D eigenvalue weighted by atomic mass is 16.2. The lowest BCUT2D eigenvalue weighted by Gasteiger charge is -2.13. The van der Waals surface area contributed by atoms with Gasteiger partial charge in [-0.2, -0.15) is 0 Å². The van der Waals surface area contributed by atoms with Gasteiger partial charge in [0, 0.05) is 31.6 Å². The summed E-state index contributed by atoms with van der Waals surface area (Å²) in [4.78, 5) is 32.7. The maximum atomic E-state index is 14.1. The van der Waals surface area contributed by atoms with Crippen molar-refractivity contribution in [3.05, 3.63) is 117 Å². The number of hydrogen-bond donors (Lipinski definition) is 1. The minimum Gasteiger partial charge on any atom is -0.318 e. The van der Waals surface area contributed by atoms with Gasteiger partial charge in [-0.25, -0.2) is 14.9 Å². The number of fused-ring (bicyclic) bond motifs is 1. The summed E-state index contributed by atoms with van der Waals surface area (Å²) in [6.45, 7) is 5.46. The number of tetrazole rings is 1. The molecule has 0 aliphatic rings. The molecular formula is C34H36N8O2. The molecule has 6 rings (SSSR count). The van der Waals surface area contributed by atoms with E-state index in [1.54, 1.807) is 4.57 Å². The van der Waals surface area contributed by atoms with E-state index in [0.29, 0.717) is 43.0 Å². The van der Waals surface area contributed by atoms with Crippen molar-refractivity contribution in [1.82, 2.24) is 39.3 Å². The lowest BCUT2D eigenvalue weighted by Crippen LogP contribution is -2.41. The van der Waals surface area contributed by atoms with E-state index < -0.39 is 0 Å². The Balaban J connectivity index is 1.41. The Morgan fingerprint density at radius 2 is 1.48 bits per heavy atom. The molecule has 3 heterocycles. The van der Waals surface area contributed by atoms with Gasteiger partial charge in [0.2, 0.25) is 0 Å². The average molecular weight is 589 g/mol. The van der Waals surface area contributed by atoms with Gasteiger partial charge in [-0.15, -0.1) is 5.10 Å². The molecule has 3 aromatic carbocycles. The Kier molecular flexibility index (Phi) is 8.58. The van der Waals surface area contributed by atoms with Crippen LogP contribution in [0.5, 0.6) is 0 Å². The van der Waals surface area contributed by atoms with Crippen molar-refractivity contribution in [2.24, 2.45) is 0 Å². The van der Waals surface area contributed by atoms with Crippen LogP contribution in [0.15, 0.2) is 88.5 Å². The highest BCUT2D eigenvalue weighted by Gasteiger charge is 2.22. The fourth-order valence-electron chi connectivity index (χ4n) is 5.73. The van der Waals surface area contributed by atoms with Crippen molar-refractivity contribution < 1.29 is 0 Å². The Bertz CT molecular complexity index is 1970. The highest BCUT2D eigenvalue weighted by molar-refractivity contribution is 5.80. The largest absolute Gasteiger partial charge is 0.332 e. The summed E-state index contributed by atoms with van der Waals surface area (Å²) in [5.74, 6) is 1.44. The first-order valence-electron chi connectivity index (χ1n) is 15.3. The van der Waals surface area contributed by atoms with Crippen molar-refractivity contribution in [2.75, 3.05) is 0 Å². The number of aryl methyl sites for hydroxylation is 3. The van der Waals surface area contributed by atoms with E-state index in [-0.39, 0.29) is 11.2 Å². The molecule has 0 atom stereocenters. The van der Waals surface area contributed by atoms with Crippen molar-refractivity contribution in [2.45, 2.75) is 65.6 Å². The molecule has 0 saturated carbocycles. The number of imidazole rings is 1. The van der Waals surface area contributed by atoms with Gasteiger partial charge in [0.25, 0.3) is 5.56 Å². The van der Waals surface area contributed by atoms with Gasteiger partial charge in [0.05, 0.1) is 0 Å². The van der Waals surface area contributed by atoms with Gasteiger partial charge < -0.3 is 4.57 Å². The highest BCUT2D eigenvalue weighted by Crippen LogP contribution is 2.30. The molecule has 6 aromatic rings. The molecule has 0 fully saturated rings. The smallest absolute Gasteiger partial charge is 0.318 e. The zero-order chi connectivity index (χ0) is 30.5. The lowest BCUT2D eigenvalue weighted by atomic mass is 9.98. The third-order valence-electron chi connectivity index (χ3n) is 7.99. The molecule has 0 amide bonds. The molecule has 0 aliphatic carbocycles. The van der Waals surface area contributed by atoms with Gasteiger partial charge in [0.1, 0.15) is 5.82 Å². The van der Waals surface area contributed by atoms with Crippen LogP contribution in [0.2, 0.25) is 0 Å². The van der Waals surface area contributed by atoms with Crippen LogP contribution in [0.3, 0.4) is 0 Å². The first-order valence-corrected chi connectivity index (χ1v) is 15.3. The third-order valence-corrected chi connectivity index (χ3v) is 7.99. The van der Waals surface area contributed by atoms with E-state index >= 15 is 0 Å². The molecule has 3 aromatic heterocycles. The molecule has 0 spiro atoms. The van der Waals surface area contributed by atoms with Crippen LogP contribution in [0.4, 0.5) is 0 Å². The molecule has 10 heteroatoms. The van der Waals surface area contributed by atoms with Gasteiger partial charge >= 0.3 is 5.69 Å². The molecule has 0 unspecified atom stereocenters. The first-order chi connectivity index (χ1) is 21.6. The molecule has 0 aliphatic heterocycles. The van der Waals surface area contributed by atoms with E-state index in [2.05, 4.69) is 51.8 Å². The van der Waals surface area contributed by atoms with Crippen molar-refractivity contribution >= 4 is 11.2 Å². The second-order valence-electron chi connectivity index (χ2n) is 11.0. The minimum atomic E-state index is -0.294. The maximum absolute atomic E-state index is 14.1. The quantitative estimate of drug-likeness (QED) is 0.209. The van der Waals surface area contributed by atoms with Crippen LogP contribution >= 0.6 is 0 Å². The van der Waals surface area contributed by atoms with Crippen molar-refractivity contribution in [1.29, 1.82) is 0 Å². The van der Waals surface area contributed by atoms with Crippen LogP contribution < -0.4 is 11.2 Å². The van der Waals surface area contributed by atoms with E-state index in [0.717, 1.165) is 59.3 Å². The summed E-state index contributed by atoms with van der Waals surface area (Å²) < 4.78 is 5.11. The van der Waals surface area contributed by atoms with Gasteiger partial charge in [-0.3, -0.25) is 13.9 Å². The number of hydrogen-bond acceptors (Lipinski definition) is 6. The standard InChI is InChI=1S/C34H36N8O2/c1-3-5-15-29-35-32-30(33(43)41(34(44)40(32)21-4-2)22-20-24-11-7-6-8-12-24)42(29)23-25-16-18-26(19-17-25)27-13-9-10-14-28(27)31-36-38-39-37-31/h6-14,16-19H,3-5,15,20-23H2,1-2H3,(H,36,37,38,39). The first kappa shape index (κ1) is 29.0. The number of aromatic nitrogens is 8. The molecule has 10 nitrogen and oxygen atoms in total. The second-order valence-corrected chi connectivity index (χ2v) is 11.0. The Morgan fingerprint density at radius 1 is 0.727 bits per heavy atom. The van der Waals surface area contributed by atoms with Crippen molar-refractivity contribution in [3.63, 3.8) is 0 Å². The minimum absolute atomic E-state index is 0.283. The van der Waals surface area contributed by atoms with E-state index in [1.807, 2.05) is 66.1 Å². The van der Waals surface area contributed by atoms with Crippen LogP contribution in [0.1, 0.15) is 50.1 Å². The third kappa shape index (κ3) is 5.75. The fourth-order valence-corrected chi connectivity index (χ4v) is 5.73. The predicted octanol–water partition coefficient (Wildman–Crippen LogP) is 5.25. The van der Waals surface area contributed by atoms with Crippen LogP contribution in [-0.4, -0.2) is 39.3 Å². The summed E-state index contributed by atoms with van der Waals surface area (Å²) >= 11 is 0. The van der Waals surface area contributed by atoms with Gasteiger partial charge in [-0.1, -0.05) is 99.1 Å². The molecule has 1 N–H and O–H groups in total. The number of nitrogens with one attached hydrogen (secondary N) is 1. The normalized spacial score (nSPS) is 11.4.